The second-order valence-electron chi connectivity index (χ2n) is 3.59. The maximum absolute atomic E-state index is 10.8. The van der Waals surface area contributed by atoms with Gasteiger partial charge in [0.05, 0.1) is 17.0 Å². The fourth-order valence-corrected chi connectivity index (χ4v) is 1.44. The van der Waals surface area contributed by atoms with Gasteiger partial charge >= 0.3 is 5.97 Å². The molecule has 0 radical (unpaired) electrons. The molecule has 8 nitrogen and oxygen atoms in total. The Balaban J connectivity index is 3.26. The number of nitrogens with two attached hydrogens (primary N) is 1. The Kier molecular flexibility index (Phi) is 3.82. The van der Waals surface area contributed by atoms with Gasteiger partial charge in [0.25, 0.3) is 5.69 Å². The predicted octanol–water partition coefficient (Wildman–Crippen LogP) is 0.214. The molecule has 0 aliphatic carbocycles. The molecule has 0 aliphatic heterocycles. The molecule has 0 aromatic heterocycles. The van der Waals surface area contributed by atoms with Crippen LogP contribution in [-0.2, 0) is 4.79 Å². The summed E-state index contributed by atoms with van der Waals surface area (Å²) >= 11 is 0. The van der Waals surface area contributed by atoms with Gasteiger partial charge in [-0.15, -0.1) is 0 Å². The molecule has 1 aromatic rings. The zero-order valence-electron chi connectivity index (χ0n) is 9.49. The lowest BCUT2D eigenvalue weighted by Crippen LogP contribution is -2.31. The number of nitrogens with zero attached hydrogens (tertiary/aromatic N) is 2. The van der Waals surface area contributed by atoms with Gasteiger partial charge in [0.2, 0.25) is 5.91 Å². The highest BCUT2D eigenvalue weighted by Crippen LogP contribution is 2.28. The van der Waals surface area contributed by atoms with Crippen molar-refractivity contribution in [2.24, 2.45) is 5.73 Å². The molecule has 1 aromatic carbocycles. The third-order valence-corrected chi connectivity index (χ3v) is 2.22. The van der Waals surface area contributed by atoms with Crippen LogP contribution in [0.3, 0.4) is 0 Å². The number of primary amides is 1. The average molecular weight is 253 g/mol. The molecule has 96 valence electrons. The molecule has 0 bridgehead atoms. The summed E-state index contributed by atoms with van der Waals surface area (Å²) in [6, 6.07) is 3.34. The van der Waals surface area contributed by atoms with E-state index in [2.05, 4.69) is 0 Å². The van der Waals surface area contributed by atoms with Crippen molar-refractivity contribution >= 4 is 23.3 Å². The topological polar surface area (TPSA) is 127 Å². The molecule has 0 aliphatic rings. The molecule has 1 rings (SSSR count). The number of carboxylic acid groups (broad SMARTS) is 1. The summed E-state index contributed by atoms with van der Waals surface area (Å²) in [7, 11) is 1.42. The second-order valence-corrected chi connectivity index (χ2v) is 3.59. The van der Waals surface area contributed by atoms with Crippen LogP contribution in [-0.4, -0.2) is 35.5 Å². The standard InChI is InChI=1S/C10H11N3O5/c1-12(5-9(11)14)8-4-6(10(15)16)2-3-7(8)13(17)18/h2-4H,5H2,1H3,(H2,11,14)(H,15,16). The van der Waals surface area contributed by atoms with Crippen molar-refractivity contribution in [1.29, 1.82) is 0 Å². The number of amides is 1. The Hall–Kier alpha value is -2.64. The molecule has 18 heavy (non-hydrogen) atoms. The van der Waals surface area contributed by atoms with Crippen molar-refractivity contribution in [3.05, 3.63) is 33.9 Å². The Labute approximate surface area is 102 Å². The van der Waals surface area contributed by atoms with E-state index < -0.39 is 16.8 Å². The quantitative estimate of drug-likeness (QED) is 0.570. The molecule has 0 fully saturated rings. The number of rotatable bonds is 5. The van der Waals surface area contributed by atoms with Crippen molar-refractivity contribution in [3.63, 3.8) is 0 Å². The number of aromatic carboxylic acids is 1. The van der Waals surface area contributed by atoms with Crippen LogP contribution in [0.25, 0.3) is 0 Å². The molecular weight excluding hydrogens is 242 g/mol. The smallest absolute Gasteiger partial charge is 0.335 e. The van der Waals surface area contributed by atoms with Gasteiger partial charge in [-0.2, -0.15) is 0 Å². The molecule has 0 atom stereocenters. The number of nitro benzene ring substituents is 1. The summed E-state index contributed by atoms with van der Waals surface area (Å²) in [5.41, 5.74) is 4.62. The molecule has 0 saturated carbocycles. The Morgan fingerprint density at radius 3 is 2.56 bits per heavy atom. The molecule has 3 N–H and O–H groups in total. The number of carbonyl (C=O) groups is 2. The van der Waals surface area contributed by atoms with Gasteiger partial charge in [-0.25, -0.2) is 4.79 Å². The lowest BCUT2D eigenvalue weighted by molar-refractivity contribution is -0.384. The van der Waals surface area contributed by atoms with E-state index in [9.17, 15) is 19.7 Å². The third kappa shape index (κ3) is 2.94. The molecule has 1 amide bonds. The lowest BCUT2D eigenvalue weighted by atomic mass is 10.1. The summed E-state index contributed by atoms with van der Waals surface area (Å²) in [5, 5.41) is 19.6. The van der Waals surface area contributed by atoms with Crippen LogP contribution >= 0.6 is 0 Å². The molecule has 0 heterocycles. The highest BCUT2D eigenvalue weighted by molar-refractivity contribution is 5.90. The largest absolute Gasteiger partial charge is 0.478 e. The van der Waals surface area contributed by atoms with Crippen LogP contribution < -0.4 is 10.6 Å². The minimum absolute atomic E-state index is 0.0266. The second kappa shape index (κ2) is 5.13. The van der Waals surface area contributed by atoms with E-state index in [-0.39, 0.29) is 23.5 Å². The van der Waals surface area contributed by atoms with Crippen molar-refractivity contribution < 1.29 is 19.6 Å². The molecule has 0 unspecified atom stereocenters. The van der Waals surface area contributed by atoms with Gasteiger partial charge in [0.1, 0.15) is 5.69 Å². The number of nitro groups is 1. The average Bonchev–Trinajstić information content (AvgIpc) is 2.26. The van der Waals surface area contributed by atoms with Crippen LogP contribution in [0.2, 0.25) is 0 Å². The number of hydrogen-bond donors (Lipinski definition) is 2. The van der Waals surface area contributed by atoms with Crippen LogP contribution in [0.15, 0.2) is 18.2 Å². The van der Waals surface area contributed by atoms with Gasteiger partial charge in [-0.05, 0) is 12.1 Å². The van der Waals surface area contributed by atoms with Gasteiger partial charge in [0, 0.05) is 13.1 Å². The molecule has 0 spiro atoms. The van der Waals surface area contributed by atoms with Crippen molar-refractivity contribution in [2.45, 2.75) is 0 Å². The monoisotopic (exact) mass is 253 g/mol. The Bertz CT molecular complexity index is 514. The van der Waals surface area contributed by atoms with Gasteiger partial charge in [-0.3, -0.25) is 14.9 Å². The van der Waals surface area contributed by atoms with Crippen LogP contribution in [0.1, 0.15) is 10.4 Å². The SMILES string of the molecule is CN(CC(N)=O)c1cc(C(=O)O)ccc1[N+](=O)[O-]. The van der Waals surface area contributed by atoms with Gasteiger partial charge in [0.15, 0.2) is 0 Å². The van der Waals surface area contributed by atoms with E-state index in [0.717, 1.165) is 18.2 Å². The first-order chi connectivity index (χ1) is 8.32. The number of carboxylic acids is 1. The van der Waals surface area contributed by atoms with Gasteiger partial charge < -0.3 is 15.7 Å². The van der Waals surface area contributed by atoms with E-state index in [1.165, 1.54) is 11.9 Å². The first kappa shape index (κ1) is 13.4. The van der Waals surface area contributed by atoms with Crippen molar-refractivity contribution in [3.8, 4) is 0 Å². The van der Waals surface area contributed by atoms with E-state index in [1.807, 2.05) is 0 Å². The maximum atomic E-state index is 10.8. The molecule has 0 saturated heterocycles. The fraction of sp³-hybridized carbons (Fsp3) is 0.200. The highest BCUT2D eigenvalue weighted by atomic mass is 16.6. The Morgan fingerprint density at radius 2 is 2.11 bits per heavy atom. The number of hydrogen-bond acceptors (Lipinski definition) is 5. The maximum Gasteiger partial charge on any atom is 0.335 e. The Morgan fingerprint density at radius 1 is 1.50 bits per heavy atom. The summed E-state index contributed by atoms with van der Waals surface area (Å²) in [6.45, 7) is -0.246. The zero-order valence-corrected chi connectivity index (χ0v) is 9.49. The minimum atomic E-state index is -1.21. The number of benzene rings is 1. The van der Waals surface area contributed by atoms with E-state index in [1.54, 1.807) is 0 Å². The minimum Gasteiger partial charge on any atom is -0.478 e. The lowest BCUT2D eigenvalue weighted by Gasteiger charge is -2.17. The first-order valence-electron chi connectivity index (χ1n) is 4.84. The predicted molar refractivity (Wildman–Crippen MR) is 62.5 cm³/mol. The summed E-state index contributed by atoms with van der Waals surface area (Å²) in [5.74, 6) is -1.88. The summed E-state index contributed by atoms with van der Waals surface area (Å²) < 4.78 is 0. The van der Waals surface area contributed by atoms with Crippen LogP contribution in [0, 0.1) is 10.1 Å². The third-order valence-electron chi connectivity index (χ3n) is 2.22. The van der Waals surface area contributed by atoms with Crippen LogP contribution in [0.4, 0.5) is 11.4 Å². The van der Waals surface area contributed by atoms with E-state index >= 15 is 0 Å². The highest BCUT2D eigenvalue weighted by Gasteiger charge is 2.20. The molecular formula is C10H11N3O5. The molecule has 8 heteroatoms. The number of anilines is 1. The summed E-state index contributed by atoms with van der Waals surface area (Å²) in [4.78, 5) is 33.0. The van der Waals surface area contributed by atoms with E-state index in [4.69, 9.17) is 10.8 Å². The van der Waals surface area contributed by atoms with Gasteiger partial charge in [-0.1, -0.05) is 0 Å². The van der Waals surface area contributed by atoms with Crippen molar-refractivity contribution in [2.75, 3.05) is 18.5 Å². The summed E-state index contributed by atoms with van der Waals surface area (Å²) in [6.07, 6.45) is 0. The zero-order chi connectivity index (χ0) is 13.9. The normalized spacial score (nSPS) is 9.83. The van der Waals surface area contributed by atoms with Crippen LogP contribution in [0.5, 0.6) is 0 Å². The number of likely N-dealkylation sites (N-methyl/N-ethyl adjacent to an activating group) is 1. The number of carbonyl (C=O) groups excluding carboxylic acids is 1. The van der Waals surface area contributed by atoms with E-state index in [0.29, 0.717) is 0 Å². The van der Waals surface area contributed by atoms with Crippen molar-refractivity contribution in [1.82, 2.24) is 0 Å². The first-order valence-corrected chi connectivity index (χ1v) is 4.84. The fourth-order valence-electron chi connectivity index (χ4n) is 1.44.